The van der Waals surface area contributed by atoms with Gasteiger partial charge in [-0.3, -0.25) is 9.69 Å². The third kappa shape index (κ3) is 5.47. The largest absolute Gasteiger partial charge is 0.373 e. The number of carbonyl (C=O) groups excluding carboxylic acids is 1. The molecule has 2 heterocycles. The number of benzene rings is 1. The predicted molar refractivity (Wildman–Crippen MR) is 119 cm³/mol. The van der Waals surface area contributed by atoms with Crippen molar-refractivity contribution in [2.45, 2.75) is 43.9 Å². The Balaban J connectivity index is 1.60. The Labute approximate surface area is 182 Å². The molecule has 1 aromatic heterocycles. The number of anilines is 1. The van der Waals surface area contributed by atoms with Crippen LogP contribution in [0, 0.1) is 0 Å². The van der Waals surface area contributed by atoms with Crippen LogP contribution < -0.4 is 5.32 Å². The summed E-state index contributed by atoms with van der Waals surface area (Å²) in [5.74, 6) is -0.146. The van der Waals surface area contributed by atoms with Crippen molar-refractivity contribution in [3.05, 3.63) is 46.7 Å². The topological polar surface area (TPSA) is 79.0 Å². The van der Waals surface area contributed by atoms with E-state index < -0.39 is 10.0 Å². The van der Waals surface area contributed by atoms with Gasteiger partial charge in [0, 0.05) is 29.7 Å². The molecule has 0 bridgehead atoms. The maximum absolute atomic E-state index is 12.9. The molecule has 1 fully saturated rings. The van der Waals surface area contributed by atoms with Crippen molar-refractivity contribution in [3.8, 4) is 0 Å². The lowest BCUT2D eigenvalue weighted by atomic mass is 10.2. The smallest absolute Gasteiger partial charge is 0.243 e. The van der Waals surface area contributed by atoms with E-state index in [0.29, 0.717) is 18.8 Å². The van der Waals surface area contributed by atoms with E-state index in [9.17, 15) is 13.2 Å². The number of sulfonamides is 1. The summed E-state index contributed by atoms with van der Waals surface area (Å²) in [6.07, 6.45) is -0.286. The minimum absolute atomic E-state index is 0.140. The van der Waals surface area contributed by atoms with Crippen molar-refractivity contribution >= 4 is 33.0 Å². The van der Waals surface area contributed by atoms with Crippen molar-refractivity contribution in [1.29, 1.82) is 0 Å². The number of carbonyl (C=O) groups is 1. The third-order valence-electron chi connectivity index (χ3n) is 5.17. The number of hydrogen-bond acceptors (Lipinski definition) is 6. The fourth-order valence-corrected chi connectivity index (χ4v) is 5.94. The molecular weight excluding hydrogens is 422 g/mol. The summed E-state index contributed by atoms with van der Waals surface area (Å²) in [6.45, 7) is 6.70. The van der Waals surface area contributed by atoms with Gasteiger partial charge in [0.25, 0.3) is 0 Å². The molecule has 164 valence electrons. The van der Waals surface area contributed by atoms with Crippen molar-refractivity contribution in [2.75, 3.05) is 32.0 Å². The van der Waals surface area contributed by atoms with E-state index in [1.54, 1.807) is 23.5 Å². The first-order valence-electron chi connectivity index (χ1n) is 9.96. The first kappa shape index (κ1) is 22.9. The Bertz CT molecular complexity index is 935. The monoisotopic (exact) mass is 451 g/mol. The second-order valence-corrected chi connectivity index (χ2v) is 10.7. The van der Waals surface area contributed by atoms with Gasteiger partial charge in [-0.2, -0.15) is 4.31 Å². The molecule has 0 unspecified atom stereocenters. The zero-order valence-electron chi connectivity index (χ0n) is 17.7. The Morgan fingerprint density at radius 3 is 2.43 bits per heavy atom. The zero-order valence-corrected chi connectivity index (χ0v) is 19.4. The Morgan fingerprint density at radius 1 is 1.23 bits per heavy atom. The van der Waals surface area contributed by atoms with Crippen LogP contribution in [0.5, 0.6) is 0 Å². The van der Waals surface area contributed by atoms with Gasteiger partial charge in [-0.1, -0.05) is 6.07 Å². The van der Waals surface area contributed by atoms with Gasteiger partial charge >= 0.3 is 0 Å². The summed E-state index contributed by atoms with van der Waals surface area (Å²) in [6, 6.07) is 10.5. The van der Waals surface area contributed by atoms with Crippen LogP contribution in [0.1, 0.15) is 31.7 Å². The summed E-state index contributed by atoms with van der Waals surface area (Å²) >= 11 is 1.66. The maximum atomic E-state index is 12.9. The van der Waals surface area contributed by atoms with Gasteiger partial charge < -0.3 is 10.1 Å². The van der Waals surface area contributed by atoms with Gasteiger partial charge in [0.15, 0.2) is 0 Å². The molecule has 1 aliphatic heterocycles. The fourth-order valence-electron chi connectivity index (χ4n) is 3.50. The maximum Gasteiger partial charge on any atom is 0.243 e. The van der Waals surface area contributed by atoms with Gasteiger partial charge in [-0.25, -0.2) is 8.42 Å². The van der Waals surface area contributed by atoms with Crippen LogP contribution in [0.3, 0.4) is 0 Å². The second-order valence-electron chi connectivity index (χ2n) is 7.76. The molecule has 1 saturated heterocycles. The van der Waals surface area contributed by atoms with Crippen molar-refractivity contribution in [2.24, 2.45) is 0 Å². The number of rotatable bonds is 7. The molecule has 1 aromatic carbocycles. The van der Waals surface area contributed by atoms with Crippen LogP contribution in [-0.2, 0) is 19.6 Å². The Morgan fingerprint density at radius 2 is 1.87 bits per heavy atom. The van der Waals surface area contributed by atoms with E-state index in [1.165, 1.54) is 21.3 Å². The number of ether oxygens (including phenoxy) is 1. The summed E-state index contributed by atoms with van der Waals surface area (Å²) < 4.78 is 32.9. The van der Waals surface area contributed by atoms with Crippen molar-refractivity contribution in [1.82, 2.24) is 9.21 Å². The number of likely N-dealkylation sites (N-methyl/N-ethyl adjacent to an activating group) is 1. The van der Waals surface area contributed by atoms with Gasteiger partial charge in [0.05, 0.1) is 23.6 Å². The first-order valence-corrected chi connectivity index (χ1v) is 12.3. The molecule has 3 atom stereocenters. The number of morpholine rings is 1. The van der Waals surface area contributed by atoms with Crippen LogP contribution in [0.25, 0.3) is 0 Å². The fraction of sp³-hybridized carbons (Fsp3) is 0.476. The highest BCUT2D eigenvalue weighted by molar-refractivity contribution is 7.89. The number of hydrogen-bond donors (Lipinski definition) is 1. The third-order valence-corrected chi connectivity index (χ3v) is 8.06. The Kier molecular flexibility index (Phi) is 7.30. The lowest BCUT2D eigenvalue weighted by molar-refractivity contribution is -0.117. The molecule has 0 aliphatic carbocycles. The molecule has 9 heteroatoms. The van der Waals surface area contributed by atoms with Crippen LogP contribution in [0.15, 0.2) is 46.7 Å². The van der Waals surface area contributed by atoms with E-state index >= 15 is 0 Å². The van der Waals surface area contributed by atoms with Crippen LogP contribution in [0.4, 0.5) is 5.69 Å². The quantitative estimate of drug-likeness (QED) is 0.700. The lowest BCUT2D eigenvalue weighted by Gasteiger charge is -2.34. The van der Waals surface area contributed by atoms with Crippen LogP contribution >= 0.6 is 11.3 Å². The minimum Gasteiger partial charge on any atom is -0.373 e. The van der Waals surface area contributed by atoms with Crippen molar-refractivity contribution in [3.63, 3.8) is 0 Å². The van der Waals surface area contributed by atoms with E-state index in [0.717, 1.165) is 0 Å². The van der Waals surface area contributed by atoms with E-state index in [4.69, 9.17) is 4.74 Å². The predicted octanol–water partition coefficient (Wildman–Crippen LogP) is 3.18. The van der Waals surface area contributed by atoms with Crippen LogP contribution in [-0.4, -0.2) is 62.4 Å². The van der Waals surface area contributed by atoms with E-state index in [-0.39, 0.29) is 35.6 Å². The number of nitrogens with zero attached hydrogens (tertiary/aromatic N) is 2. The highest BCUT2D eigenvalue weighted by Crippen LogP contribution is 2.24. The molecule has 1 amide bonds. The zero-order chi connectivity index (χ0) is 21.9. The lowest BCUT2D eigenvalue weighted by Crippen LogP contribution is -2.48. The molecule has 1 aliphatic rings. The van der Waals surface area contributed by atoms with E-state index in [2.05, 4.69) is 18.3 Å². The standard InChI is InChI=1S/C21H29N3O4S2/c1-15-12-24(13-16(2)28-15)30(26,27)19-9-7-18(8-10-19)22-21(25)14-23(4)17(3)20-6-5-11-29-20/h5-11,15-17H,12-14H2,1-4H3,(H,22,25)/t15-,16+,17-/m1/s1. The van der Waals surface area contributed by atoms with Crippen molar-refractivity contribution < 1.29 is 17.9 Å². The van der Waals surface area contributed by atoms with Gasteiger partial charge in [-0.15, -0.1) is 11.3 Å². The summed E-state index contributed by atoms with van der Waals surface area (Å²) in [7, 11) is -1.69. The molecule has 7 nitrogen and oxygen atoms in total. The summed E-state index contributed by atoms with van der Waals surface area (Å²) in [4.78, 5) is 15.8. The molecular formula is C21H29N3O4S2. The van der Waals surface area contributed by atoms with E-state index in [1.807, 2.05) is 37.2 Å². The number of thiophene rings is 1. The molecule has 3 rings (SSSR count). The number of nitrogens with one attached hydrogen (secondary N) is 1. The molecule has 30 heavy (non-hydrogen) atoms. The summed E-state index contributed by atoms with van der Waals surface area (Å²) in [5.41, 5.74) is 0.569. The molecule has 0 saturated carbocycles. The molecule has 1 N–H and O–H groups in total. The Hall–Kier alpha value is -1.78. The van der Waals surface area contributed by atoms with Gasteiger partial charge in [0.2, 0.25) is 15.9 Å². The second kappa shape index (κ2) is 9.57. The highest BCUT2D eigenvalue weighted by Gasteiger charge is 2.32. The van der Waals surface area contributed by atoms with Gasteiger partial charge in [-0.05, 0) is 63.5 Å². The van der Waals surface area contributed by atoms with Crippen LogP contribution in [0.2, 0.25) is 0 Å². The molecule has 0 radical (unpaired) electrons. The average Bonchev–Trinajstić information content (AvgIpc) is 3.21. The highest BCUT2D eigenvalue weighted by atomic mass is 32.2. The SMILES string of the molecule is C[C@@H]1CN(S(=O)(=O)c2ccc(NC(=O)CN(C)[C@H](C)c3cccs3)cc2)C[C@H](C)O1. The summed E-state index contributed by atoms with van der Waals surface area (Å²) in [5, 5.41) is 4.86. The first-order chi connectivity index (χ1) is 14.2. The molecule has 2 aromatic rings. The van der Waals surface area contributed by atoms with Gasteiger partial charge in [0.1, 0.15) is 0 Å². The minimum atomic E-state index is -3.59. The molecule has 0 spiro atoms. The normalized spacial score (nSPS) is 21.5. The number of amides is 1. The average molecular weight is 452 g/mol.